The van der Waals surface area contributed by atoms with Crippen molar-refractivity contribution in [2.45, 2.75) is 51.6 Å². The van der Waals surface area contributed by atoms with Crippen LogP contribution in [0.15, 0.2) is 51.6 Å². The molecule has 1 saturated heterocycles. The van der Waals surface area contributed by atoms with Crippen LogP contribution in [0.4, 0.5) is 0 Å². The molecule has 3 aliphatic rings. The third kappa shape index (κ3) is 4.16. The highest BCUT2D eigenvalue weighted by Crippen LogP contribution is 2.45. The summed E-state index contributed by atoms with van der Waals surface area (Å²) in [4.78, 5) is 34.7. The minimum atomic E-state index is -0.446. The number of amides is 1. The first-order valence-corrected chi connectivity index (χ1v) is 11.8. The number of methoxy groups -OCH3 is 2. The number of carbonyl (C=O) groups is 2. The van der Waals surface area contributed by atoms with Crippen LogP contribution in [0.1, 0.15) is 51.1 Å². The number of carbonyl (C=O) groups excluding carboxylic acids is 2. The fraction of sp³-hybridized carbons (Fsp3) is 0.458. The number of aliphatic imine (C=N–C) groups is 1. The first-order chi connectivity index (χ1) is 15.4. The average molecular weight is 456 g/mol. The lowest BCUT2D eigenvalue weighted by Gasteiger charge is -2.38. The van der Waals surface area contributed by atoms with Crippen molar-refractivity contribution in [1.82, 2.24) is 9.80 Å². The average Bonchev–Trinajstić information content (AvgIpc) is 3.19. The highest BCUT2D eigenvalue weighted by atomic mass is 32.2. The van der Waals surface area contributed by atoms with Crippen LogP contribution >= 0.6 is 11.8 Å². The van der Waals surface area contributed by atoms with Gasteiger partial charge in [0.15, 0.2) is 5.17 Å². The van der Waals surface area contributed by atoms with Crippen LogP contribution in [0.2, 0.25) is 0 Å². The third-order valence-electron chi connectivity index (χ3n) is 6.27. The molecule has 3 heterocycles. The topological polar surface area (TPSA) is 71.4 Å². The molecule has 1 aromatic carbocycles. The number of piperidine rings is 1. The van der Waals surface area contributed by atoms with Gasteiger partial charge in [0, 0.05) is 18.3 Å². The van der Waals surface area contributed by atoms with Gasteiger partial charge in [-0.05, 0) is 56.2 Å². The molecular formula is C24H29N3O4S. The van der Waals surface area contributed by atoms with Crippen LogP contribution in [0.5, 0.6) is 5.75 Å². The number of rotatable bonds is 5. The fourth-order valence-corrected chi connectivity index (χ4v) is 5.56. The second kappa shape index (κ2) is 9.40. The van der Waals surface area contributed by atoms with Gasteiger partial charge in [0.1, 0.15) is 5.75 Å². The Morgan fingerprint density at radius 1 is 1.25 bits per heavy atom. The maximum Gasteiger partial charge on any atom is 0.338 e. The molecule has 8 heteroatoms. The predicted molar refractivity (Wildman–Crippen MR) is 125 cm³/mol. The number of hydrogen-bond donors (Lipinski definition) is 0. The normalized spacial score (nSPS) is 22.9. The van der Waals surface area contributed by atoms with Gasteiger partial charge < -0.3 is 19.3 Å². The zero-order valence-electron chi connectivity index (χ0n) is 19.0. The maximum absolute atomic E-state index is 13.2. The van der Waals surface area contributed by atoms with E-state index in [1.807, 2.05) is 46.4 Å². The van der Waals surface area contributed by atoms with E-state index in [0.29, 0.717) is 17.0 Å². The van der Waals surface area contributed by atoms with Gasteiger partial charge in [-0.2, -0.15) is 0 Å². The molecule has 0 spiro atoms. The van der Waals surface area contributed by atoms with Crippen LogP contribution in [-0.2, 0) is 14.3 Å². The summed E-state index contributed by atoms with van der Waals surface area (Å²) >= 11 is 1.48. The fourth-order valence-electron chi connectivity index (χ4n) is 4.59. The number of fused-ring (bicyclic) bond motifs is 1. The first-order valence-electron chi connectivity index (χ1n) is 10.9. The minimum absolute atomic E-state index is 0.112. The van der Waals surface area contributed by atoms with Crippen molar-refractivity contribution in [3.05, 3.63) is 52.2 Å². The van der Waals surface area contributed by atoms with Gasteiger partial charge in [0.25, 0.3) is 0 Å². The molecule has 0 bridgehead atoms. The van der Waals surface area contributed by atoms with Crippen molar-refractivity contribution in [1.29, 1.82) is 0 Å². The lowest BCUT2D eigenvalue weighted by molar-refractivity contribution is -0.136. The predicted octanol–water partition coefficient (Wildman–Crippen LogP) is 4.23. The summed E-state index contributed by atoms with van der Waals surface area (Å²) < 4.78 is 10.5. The number of nitrogens with zero attached hydrogens (tertiary/aromatic N) is 3. The van der Waals surface area contributed by atoms with Crippen LogP contribution in [0.25, 0.3) is 0 Å². The van der Waals surface area contributed by atoms with E-state index in [1.54, 1.807) is 7.11 Å². The molecule has 2 atom stereocenters. The number of hydrogen-bond acceptors (Lipinski definition) is 7. The molecule has 1 amide bonds. The van der Waals surface area contributed by atoms with E-state index in [9.17, 15) is 9.59 Å². The number of allylic oxidation sites excluding steroid dienone is 1. The molecule has 1 fully saturated rings. The van der Waals surface area contributed by atoms with Crippen LogP contribution in [0.3, 0.4) is 0 Å². The molecule has 7 nitrogen and oxygen atoms in total. The molecule has 0 unspecified atom stereocenters. The van der Waals surface area contributed by atoms with E-state index in [1.165, 1.54) is 18.9 Å². The molecule has 1 aromatic rings. The molecule has 0 aromatic heterocycles. The molecule has 4 rings (SSSR count). The quantitative estimate of drug-likeness (QED) is 0.619. The summed E-state index contributed by atoms with van der Waals surface area (Å²) in [6.45, 7) is 4.74. The van der Waals surface area contributed by atoms with Crippen molar-refractivity contribution in [2.24, 2.45) is 4.99 Å². The Hall–Kier alpha value is -2.74. The van der Waals surface area contributed by atoms with Gasteiger partial charge in [-0.15, -0.1) is 0 Å². The number of amidine groups is 1. The molecular weight excluding hydrogens is 426 g/mol. The van der Waals surface area contributed by atoms with Crippen molar-refractivity contribution in [3.8, 4) is 5.75 Å². The van der Waals surface area contributed by atoms with E-state index in [0.717, 1.165) is 42.2 Å². The molecule has 3 aliphatic heterocycles. The second-order valence-electron chi connectivity index (χ2n) is 8.27. The van der Waals surface area contributed by atoms with E-state index in [-0.39, 0.29) is 18.4 Å². The molecule has 0 aliphatic carbocycles. The van der Waals surface area contributed by atoms with Gasteiger partial charge in [0.05, 0.1) is 38.0 Å². The number of thioether (sulfide) groups is 1. The van der Waals surface area contributed by atoms with E-state index >= 15 is 0 Å². The summed E-state index contributed by atoms with van der Waals surface area (Å²) in [5.41, 5.74) is 2.81. The molecule has 0 saturated carbocycles. The first kappa shape index (κ1) is 22.5. The zero-order valence-corrected chi connectivity index (χ0v) is 19.8. The van der Waals surface area contributed by atoms with Gasteiger partial charge >= 0.3 is 5.97 Å². The Balaban J connectivity index is 1.70. The van der Waals surface area contributed by atoms with E-state index in [4.69, 9.17) is 9.47 Å². The summed E-state index contributed by atoms with van der Waals surface area (Å²) in [6, 6.07) is 7.45. The standard InChI is InChI=1S/C24H29N3O4S/c1-15-8-5-6-11-26(15)20(28)13-18-14-32-24-25-16(2)21(23(29)31-4)22(27(18)24)17-9-7-10-19(12-17)30-3/h7,9-10,12,14-15,22H,5-6,8,11,13H2,1-4H3/t15-,22-/m1/s1. The highest BCUT2D eigenvalue weighted by molar-refractivity contribution is 8.16. The number of likely N-dealkylation sites (tertiary alicyclic amines) is 1. The van der Waals surface area contributed by atoms with Crippen molar-refractivity contribution in [3.63, 3.8) is 0 Å². The number of benzene rings is 1. The van der Waals surface area contributed by atoms with Gasteiger partial charge in [0.2, 0.25) is 5.91 Å². The molecule has 170 valence electrons. The third-order valence-corrected chi connectivity index (χ3v) is 7.16. The molecule has 0 radical (unpaired) electrons. The Morgan fingerprint density at radius 2 is 2.06 bits per heavy atom. The van der Waals surface area contributed by atoms with Crippen LogP contribution in [0, 0.1) is 0 Å². The van der Waals surface area contributed by atoms with E-state index < -0.39 is 12.0 Å². The van der Waals surface area contributed by atoms with Gasteiger partial charge in [-0.3, -0.25) is 4.79 Å². The summed E-state index contributed by atoms with van der Waals surface area (Å²) in [5, 5.41) is 2.74. The Bertz CT molecular complexity index is 1020. The monoisotopic (exact) mass is 455 g/mol. The summed E-state index contributed by atoms with van der Waals surface area (Å²) in [6.07, 6.45) is 3.51. The van der Waals surface area contributed by atoms with Gasteiger partial charge in [-0.1, -0.05) is 23.9 Å². The smallest absolute Gasteiger partial charge is 0.338 e. The largest absolute Gasteiger partial charge is 0.497 e. The van der Waals surface area contributed by atoms with Crippen molar-refractivity contribution < 1.29 is 19.1 Å². The SMILES string of the molecule is COC(=O)C1=C(C)N=C2SC=C(CC(=O)N3CCCC[C@H]3C)N2[C@@H]1c1cccc(OC)c1. The summed E-state index contributed by atoms with van der Waals surface area (Å²) in [5.74, 6) is 0.384. The lowest BCUT2D eigenvalue weighted by atomic mass is 9.93. The zero-order chi connectivity index (χ0) is 22.8. The van der Waals surface area contributed by atoms with Crippen molar-refractivity contribution >= 4 is 28.8 Å². The van der Waals surface area contributed by atoms with E-state index in [2.05, 4.69) is 11.9 Å². The molecule has 32 heavy (non-hydrogen) atoms. The Labute approximate surface area is 193 Å². The maximum atomic E-state index is 13.2. The molecule has 0 N–H and O–H groups in total. The Morgan fingerprint density at radius 3 is 2.78 bits per heavy atom. The Kier molecular flexibility index (Phi) is 6.60. The van der Waals surface area contributed by atoms with Crippen LogP contribution < -0.4 is 4.74 Å². The highest BCUT2D eigenvalue weighted by Gasteiger charge is 2.41. The summed E-state index contributed by atoms with van der Waals surface area (Å²) in [7, 11) is 2.99. The second-order valence-corrected chi connectivity index (χ2v) is 9.11. The van der Waals surface area contributed by atoms with Gasteiger partial charge in [-0.25, -0.2) is 9.79 Å². The minimum Gasteiger partial charge on any atom is -0.497 e. The number of ether oxygens (including phenoxy) is 2. The lowest BCUT2D eigenvalue weighted by Crippen LogP contribution is -2.43. The van der Waals surface area contributed by atoms with Crippen molar-refractivity contribution in [2.75, 3.05) is 20.8 Å². The number of esters is 1. The van der Waals surface area contributed by atoms with Crippen LogP contribution in [-0.4, -0.2) is 53.7 Å².